The van der Waals surface area contributed by atoms with Crippen molar-refractivity contribution in [3.8, 4) is 0 Å². The van der Waals surface area contributed by atoms with E-state index in [1.807, 2.05) is 24.3 Å². The maximum Gasteiger partial charge on any atom is 0.257 e. The number of halogens is 1. The second-order valence-corrected chi connectivity index (χ2v) is 6.03. The molecule has 0 saturated heterocycles. The molecule has 5 heteroatoms. The summed E-state index contributed by atoms with van der Waals surface area (Å²) < 4.78 is 1.46. The molecule has 1 aromatic heterocycles. The van der Waals surface area contributed by atoms with Crippen LogP contribution in [0, 0.1) is 0 Å². The minimum atomic E-state index is -0.272. The van der Waals surface area contributed by atoms with Gasteiger partial charge in [-0.3, -0.25) is 14.2 Å². The smallest absolute Gasteiger partial charge is 0.257 e. The number of carbonyl (C=O) groups is 2. The van der Waals surface area contributed by atoms with Crippen LogP contribution in [0.15, 0.2) is 48.7 Å². The summed E-state index contributed by atoms with van der Waals surface area (Å²) in [4.78, 5) is 24.5. The Morgan fingerprint density at radius 1 is 1.12 bits per heavy atom. The van der Waals surface area contributed by atoms with Crippen molar-refractivity contribution in [3.05, 3.63) is 64.8 Å². The van der Waals surface area contributed by atoms with Gasteiger partial charge in [-0.05, 0) is 42.3 Å². The molecule has 0 fully saturated rings. The Hall–Kier alpha value is -2.59. The summed E-state index contributed by atoms with van der Waals surface area (Å²) in [6.07, 6.45) is 2.50. The number of fused-ring (bicyclic) bond motifs is 1. The Labute approximate surface area is 145 Å². The van der Waals surface area contributed by atoms with Gasteiger partial charge in [0.05, 0.1) is 11.1 Å². The largest absolute Gasteiger partial charge is 0.322 e. The first-order chi connectivity index (χ1) is 11.5. The van der Waals surface area contributed by atoms with E-state index < -0.39 is 0 Å². The molecular weight excluding hydrogens is 324 g/mol. The molecule has 3 rings (SSSR count). The quantitative estimate of drug-likeness (QED) is 0.746. The Balaban J connectivity index is 1.99. The predicted octanol–water partition coefficient (Wildman–Crippen LogP) is 4.77. The van der Waals surface area contributed by atoms with E-state index in [2.05, 4.69) is 12.2 Å². The van der Waals surface area contributed by atoms with Crippen molar-refractivity contribution < 1.29 is 9.59 Å². The molecule has 0 saturated carbocycles. The Kier molecular flexibility index (Phi) is 4.40. The van der Waals surface area contributed by atoms with Crippen LogP contribution in [0.25, 0.3) is 10.9 Å². The van der Waals surface area contributed by atoms with Crippen molar-refractivity contribution in [1.82, 2.24) is 4.57 Å². The highest BCUT2D eigenvalue weighted by Gasteiger charge is 2.17. The van der Waals surface area contributed by atoms with Crippen molar-refractivity contribution in [2.75, 3.05) is 5.32 Å². The van der Waals surface area contributed by atoms with Gasteiger partial charge < -0.3 is 5.32 Å². The zero-order chi connectivity index (χ0) is 17.3. The van der Waals surface area contributed by atoms with Gasteiger partial charge in [-0.25, -0.2) is 0 Å². The number of benzene rings is 2. The zero-order valence-corrected chi connectivity index (χ0v) is 14.2. The van der Waals surface area contributed by atoms with Gasteiger partial charge in [0.2, 0.25) is 5.91 Å². The number of nitrogens with zero attached hydrogens (tertiary/aromatic N) is 1. The number of aromatic nitrogens is 1. The van der Waals surface area contributed by atoms with E-state index in [1.165, 1.54) is 17.1 Å². The van der Waals surface area contributed by atoms with Crippen molar-refractivity contribution >= 4 is 40.0 Å². The highest BCUT2D eigenvalue weighted by Crippen LogP contribution is 2.26. The first kappa shape index (κ1) is 16.3. The normalized spacial score (nSPS) is 10.8. The molecule has 1 amide bonds. The summed E-state index contributed by atoms with van der Waals surface area (Å²) in [7, 11) is 0. The topological polar surface area (TPSA) is 51.1 Å². The van der Waals surface area contributed by atoms with E-state index in [1.54, 1.807) is 24.4 Å². The number of hydrogen-bond donors (Lipinski definition) is 1. The number of rotatable bonds is 3. The molecule has 0 radical (unpaired) electrons. The number of nitrogens with one attached hydrogen (secondary N) is 1. The molecular formula is C19H17ClN2O2. The number of carbonyl (C=O) groups excluding carboxylic acids is 2. The first-order valence-electron chi connectivity index (χ1n) is 7.71. The lowest BCUT2D eigenvalue weighted by Crippen LogP contribution is -2.12. The Morgan fingerprint density at radius 3 is 2.46 bits per heavy atom. The molecule has 0 aliphatic carbocycles. The summed E-state index contributed by atoms with van der Waals surface area (Å²) >= 11 is 6.05. The zero-order valence-electron chi connectivity index (χ0n) is 13.5. The third kappa shape index (κ3) is 3.05. The maximum absolute atomic E-state index is 12.7. The van der Waals surface area contributed by atoms with Crippen LogP contribution in [0.2, 0.25) is 5.02 Å². The van der Waals surface area contributed by atoms with Gasteiger partial charge in [0.15, 0.2) is 0 Å². The lowest BCUT2D eigenvalue weighted by molar-refractivity contribution is 0.0941. The van der Waals surface area contributed by atoms with E-state index in [-0.39, 0.29) is 11.8 Å². The molecule has 0 aliphatic rings. The third-order valence-electron chi connectivity index (χ3n) is 3.97. The molecule has 0 aliphatic heterocycles. The second kappa shape index (κ2) is 6.49. The van der Waals surface area contributed by atoms with E-state index in [0.717, 1.165) is 6.42 Å². The fraction of sp³-hybridized carbons (Fsp3) is 0.158. The SMILES string of the molecule is CCc1ccc(NC(=O)c2cn(C(C)=O)c3ccc(Cl)cc23)cc1. The van der Waals surface area contributed by atoms with Gasteiger partial charge in [0.25, 0.3) is 5.91 Å². The van der Waals surface area contributed by atoms with Crippen molar-refractivity contribution in [2.24, 2.45) is 0 Å². The van der Waals surface area contributed by atoms with Crippen LogP contribution in [0.4, 0.5) is 5.69 Å². The molecule has 24 heavy (non-hydrogen) atoms. The molecule has 0 unspecified atom stereocenters. The average Bonchev–Trinajstić information content (AvgIpc) is 2.94. The Bertz CT molecular complexity index is 926. The minimum Gasteiger partial charge on any atom is -0.322 e. The van der Waals surface area contributed by atoms with Crippen LogP contribution in [-0.2, 0) is 6.42 Å². The number of hydrogen-bond acceptors (Lipinski definition) is 2. The fourth-order valence-electron chi connectivity index (χ4n) is 2.67. The molecule has 1 N–H and O–H groups in total. The van der Waals surface area contributed by atoms with Crippen LogP contribution in [0.3, 0.4) is 0 Å². The lowest BCUT2D eigenvalue weighted by Gasteiger charge is -2.05. The fourth-order valence-corrected chi connectivity index (χ4v) is 2.84. The van der Waals surface area contributed by atoms with Crippen LogP contribution >= 0.6 is 11.6 Å². The number of amides is 1. The number of anilines is 1. The molecule has 3 aromatic rings. The van der Waals surface area contributed by atoms with Gasteiger partial charge in [0, 0.05) is 29.2 Å². The first-order valence-corrected chi connectivity index (χ1v) is 8.09. The van der Waals surface area contributed by atoms with Gasteiger partial charge in [-0.1, -0.05) is 30.7 Å². The van der Waals surface area contributed by atoms with Crippen molar-refractivity contribution in [1.29, 1.82) is 0 Å². The van der Waals surface area contributed by atoms with E-state index in [4.69, 9.17) is 11.6 Å². The lowest BCUT2D eigenvalue weighted by atomic mass is 10.1. The van der Waals surface area contributed by atoms with E-state index in [9.17, 15) is 9.59 Å². The molecule has 0 spiro atoms. The molecule has 2 aromatic carbocycles. The van der Waals surface area contributed by atoms with Crippen LogP contribution in [0.5, 0.6) is 0 Å². The molecule has 4 nitrogen and oxygen atoms in total. The maximum atomic E-state index is 12.7. The molecule has 1 heterocycles. The summed E-state index contributed by atoms with van der Waals surface area (Å²) in [5.74, 6) is -0.430. The summed E-state index contributed by atoms with van der Waals surface area (Å²) in [6, 6.07) is 12.8. The van der Waals surface area contributed by atoms with E-state index >= 15 is 0 Å². The van der Waals surface area contributed by atoms with Crippen molar-refractivity contribution in [3.63, 3.8) is 0 Å². The van der Waals surface area contributed by atoms with Crippen LogP contribution in [0.1, 0.15) is 34.6 Å². The monoisotopic (exact) mass is 340 g/mol. The summed E-state index contributed by atoms with van der Waals surface area (Å²) in [5, 5.41) is 4.04. The van der Waals surface area contributed by atoms with Gasteiger partial charge in [0.1, 0.15) is 0 Å². The van der Waals surface area contributed by atoms with Crippen molar-refractivity contribution in [2.45, 2.75) is 20.3 Å². The van der Waals surface area contributed by atoms with E-state index in [0.29, 0.717) is 27.2 Å². The Morgan fingerprint density at radius 2 is 1.83 bits per heavy atom. The number of aryl methyl sites for hydroxylation is 1. The molecule has 0 bridgehead atoms. The third-order valence-corrected chi connectivity index (χ3v) is 4.21. The second-order valence-electron chi connectivity index (χ2n) is 5.60. The summed E-state index contributed by atoms with van der Waals surface area (Å²) in [6.45, 7) is 3.53. The average molecular weight is 341 g/mol. The minimum absolute atomic E-state index is 0.159. The highest BCUT2D eigenvalue weighted by molar-refractivity contribution is 6.31. The van der Waals surface area contributed by atoms with Gasteiger partial charge in [-0.15, -0.1) is 0 Å². The van der Waals surface area contributed by atoms with Gasteiger partial charge in [-0.2, -0.15) is 0 Å². The van der Waals surface area contributed by atoms with Crippen LogP contribution < -0.4 is 5.32 Å². The van der Waals surface area contributed by atoms with Crippen LogP contribution in [-0.4, -0.2) is 16.4 Å². The standard InChI is InChI=1S/C19H17ClN2O2/c1-3-13-4-7-15(8-5-13)21-19(24)17-11-22(12(2)23)18-9-6-14(20)10-16(17)18/h4-11H,3H2,1-2H3,(H,21,24). The predicted molar refractivity (Wildman–Crippen MR) is 97.0 cm³/mol. The molecule has 122 valence electrons. The summed E-state index contributed by atoms with van der Waals surface area (Å²) in [5.41, 5.74) is 3.00. The highest BCUT2D eigenvalue weighted by atomic mass is 35.5. The molecule has 0 atom stereocenters. The van der Waals surface area contributed by atoms with Gasteiger partial charge >= 0.3 is 0 Å².